The largest absolute Gasteiger partial charge is 0.343 e. The van der Waals surface area contributed by atoms with Crippen molar-refractivity contribution in [2.75, 3.05) is 13.2 Å². The molecule has 0 amide bonds. The third kappa shape index (κ3) is 3.34. The van der Waals surface area contributed by atoms with E-state index in [1.54, 1.807) is 0 Å². The molecule has 112 valence electrons. The van der Waals surface area contributed by atoms with E-state index >= 15 is 0 Å². The van der Waals surface area contributed by atoms with Gasteiger partial charge in [0.15, 0.2) is 5.79 Å². The molecule has 0 unspecified atom stereocenters. The second-order valence-corrected chi connectivity index (χ2v) is 5.57. The highest BCUT2D eigenvalue weighted by Crippen LogP contribution is 2.36. The summed E-state index contributed by atoms with van der Waals surface area (Å²) in [5, 5.41) is 0. The van der Waals surface area contributed by atoms with Gasteiger partial charge in [-0.15, -0.1) is 0 Å². The third-order valence-electron chi connectivity index (χ3n) is 3.98. The fourth-order valence-electron chi connectivity index (χ4n) is 2.79. The smallest absolute Gasteiger partial charge is 0.194 e. The highest BCUT2D eigenvalue weighted by Gasteiger charge is 2.37. The summed E-state index contributed by atoms with van der Waals surface area (Å²) in [6.07, 6.45) is 8.72. The number of nitrogens with zero attached hydrogens (tertiary/aromatic N) is 2. The fourth-order valence-corrected chi connectivity index (χ4v) is 2.79. The zero-order chi connectivity index (χ0) is 14.5. The van der Waals surface area contributed by atoms with Crippen LogP contribution in [0, 0.1) is 6.92 Å². The molecule has 4 nitrogen and oxygen atoms in total. The van der Waals surface area contributed by atoms with Crippen LogP contribution in [0.3, 0.4) is 0 Å². The number of ether oxygens (including phenoxy) is 2. The SMILES string of the molecule is Cc1ccc(C2(CCCCn3ccnc3)OCCO2)cc1. The number of hydrogen-bond acceptors (Lipinski definition) is 3. The number of rotatable bonds is 6. The lowest BCUT2D eigenvalue weighted by atomic mass is 9.98. The maximum atomic E-state index is 5.96. The van der Waals surface area contributed by atoms with E-state index in [1.807, 2.05) is 18.7 Å². The van der Waals surface area contributed by atoms with Crippen LogP contribution in [0.15, 0.2) is 43.0 Å². The molecule has 1 saturated heterocycles. The first-order valence-electron chi connectivity index (χ1n) is 7.59. The first kappa shape index (κ1) is 14.3. The maximum absolute atomic E-state index is 5.96. The molecule has 0 atom stereocenters. The van der Waals surface area contributed by atoms with Crippen molar-refractivity contribution in [3.05, 3.63) is 54.1 Å². The summed E-state index contributed by atoms with van der Waals surface area (Å²) in [5.41, 5.74) is 2.39. The molecule has 3 rings (SSSR count). The lowest BCUT2D eigenvalue weighted by Gasteiger charge is -2.28. The summed E-state index contributed by atoms with van der Waals surface area (Å²) in [6, 6.07) is 8.48. The minimum atomic E-state index is -0.539. The van der Waals surface area contributed by atoms with Gasteiger partial charge in [-0.3, -0.25) is 0 Å². The Labute approximate surface area is 125 Å². The van der Waals surface area contributed by atoms with Crippen molar-refractivity contribution in [2.45, 2.75) is 38.5 Å². The quantitative estimate of drug-likeness (QED) is 0.765. The number of imidazole rings is 1. The number of benzene rings is 1. The molecule has 4 heteroatoms. The summed E-state index contributed by atoms with van der Waals surface area (Å²) in [5.74, 6) is -0.539. The molecule has 0 bridgehead atoms. The van der Waals surface area contributed by atoms with E-state index in [9.17, 15) is 0 Å². The maximum Gasteiger partial charge on any atom is 0.194 e. The molecule has 1 aromatic carbocycles. The minimum absolute atomic E-state index is 0.539. The molecule has 0 aliphatic carbocycles. The van der Waals surface area contributed by atoms with Crippen LogP contribution in [0.1, 0.15) is 30.4 Å². The number of hydrogen-bond donors (Lipinski definition) is 0. The van der Waals surface area contributed by atoms with Crippen molar-refractivity contribution in [1.29, 1.82) is 0 Å². The van der Waals surface area contributed by atoms with E-state index in [0.29, 0.717) is 13.2 Å². The number of unbranched alkanes of at least 4 members (excludes halogenated alkanes) is 1. The van der Waals surface area contributed by atoms with Gasteiger partial charge in [-0.1, -0.05) is 29.8 Å². The Morgan fingerprint density at radius 2 is 1.90 bits per heavy atom. The monoisotopic (exact) mass is 286 g/mol. The number of aromatic nitrogens is 2. The molecule has 0 N–H and O–H groups in total. The van der Waals surface area contributed by atoms with Crippen LogP contribution in [0.2, 0.25) is 0 Å². The molecule has 0 saturated carbocycles. The van der Waals surface area contributed by atoms with E-state index in [1.165, 1.54) is 5.56 Å². The van der Waals surface area contributed by atoms with Gasteiger partial charge in [0, 0.05) is 30.9 Å². The van der Waals surface area contributed by atoms with Crippen LogP contribution in [-0.4, -0.2) is 22.8 Å². The van der Waals surface area contributed by atoms with Gasteiger partial charge < -0.3 is 14.0 Å². The molecule has 2 aromatic rings. The van der Waals surface area contributed by atoms with Gasteiger partial charge in [0.1, 0.15) is 0 Å². The fraction of sp³-hybridized carbons (Fsp3) is 0.471. The van der Waals surface area contributed by atoms with E-state index < -0.39 is 5.79 Å². The Bertz CT molecular complexity index is 543. The Kier molecular flexibility index (Phi) is 4.36. The van der Waals surface area contributed by atoms with Gasteiger partial charge in [0.05, 0.1) is 19.5 Å². The van der Waals surface area contributed by atoms with Gasteiger partial charge >= 0.3 is 0 Å². The molecular formula is C17H22N2O2. The predicted molar refractivity (Wildman–Crippen MR) is 80.8 cm³/mol. The Morgan fingerprint density at radius 3 is 2.57 bits per heavy atom. The normalized spacial score (nSPS) is 17.2. The summed E-state index contributed by atoms with van der Waals surface area (Å²) >= 11 is 0. The van der Waals surface area contributed by atoms with Crippen LogP contribution < -0.4 is 0 Å². The molecule has 1 aliphatic heterocycles. The van der Waals surface area contributed by atoms with E-state index in [4.69, 9.17) is 9.47 Å². The third-order valence-corrected chi connectivity index (χ3v) is 3.98. The second-order valence-electron chi connectivity index (χ2n) is 5.57. The van der Waals surface area contributed by atoms with Crippen molar-refractivity contribution in [1.82, 2.24) is 9.55 Å². The predicted octanol–water partition coefficient (Wildman–Crippen LogP) is 3.26. The summed E-state index contributed by atoms with van der Waals surface area (Å²) in [6.45, 7) is 4.44. The molecular weight excluding hydrogens is 264 g/mol. The van der Waals surface area contributed by atoms with Gasteiger partial charge in [0.2, 0.25) is 0 Å². The van der Waals surface area contributed by atoms with Crippen molar-refractivity contribution < 1.29 is 9.47 Å². The van der Waals surface area contributed by atoms with E-state index in [-0.39, 0.29) is 0 Å². The molecule has 1 fully saturated rings. The van der Waals surface area contributed by atoms with Crippen molar-refractivity contribution in [3.8, 4) is 0 Å². The lowest BCUT2D eigenvalue weighted by Crippen LogP contribution is -2.27. The molecule has 1 aliphatic rings. The average Bonchev–Trinajstić information content (AvgIpc) is 3.17. The Morgan fingerprint density at radius 1 is 1.14 bits per heavy atom. The second kappa shape index (κ2) is 6.41. The van der Waals surface area contributed by atoms with Gasteiger partial charge in [0.25, 0.3) is 0 Å². The summed E-state index contributed by atoms with van der Waals surface area (Å²) in [4.78, 5) is 4.06. The average molecular weight is 286 g/mol. The number of aryl methyl sites for hydroxylation is 2. The van der Waals surface area contributed by atoms with Crippen molar-refractivity contribution in [2.24, 2.45) is 0 Å². The van der Waals surface area contributed by atoms with Crippen LogP contribution in [-0.2, 0) is 21.8 Å². The standard InChI is InChI=1S/C17H22N2O2/c1-15-4-6-16(7-5-15)17(20-12-13-21-17)8-2-3-10-19-11-9-18-14-19/h4-7,9,11,14H,2-3,8,10,12-13H2,1H3. The highest BCUT2D eigenvalue weighted by atomic mass is 16.7. The van der Waals surface area contributed by atoms with E-state index in [2.05, 4.69) is 40.7 Å². The first-order valence-corrected chi connectivity index (χ1v) is 7.59. The topological polar surface area (TPSA) is 36.3 Å². The van der Waals surface area contributed by atoms with E-state index in [0.717, 1.165) is 31.4 Å². The van der Waals surface area contributed by atoms with Crippen LogP contribution in [0.25, 0.3) is 0 Å². The summed E-state index contributed by atoms with van der Waals surface area (Å²) in [7, 11) is 0. The van der Waals surface area contributed by atoms with Gasteiger partial charge in [-0.05, 0) is 19.8 Å². The van der Waals surface area contributed by atoms with Crippen molar-refractivity contribution >= 4 is 0 Å². The highest BCUT2D eigenvalue weighted by molar-refractivity contribution is 5.25. The zero-order valence-corrected chi connectivity index (χ0v) is 12.5. The van der Waals surface area contributed by atoms with Crippen molar-refractivity contribution in [3.63, 3.8) is 0 Å². The van der Waals surface area contributed by atoms with Crippen LogP contribution in [0.4, 0.5) is 0 Å². The minimum Gasteiger partial charge on any atom is -0.343 e. The summed E-state index contributed by atoms with van der Waals surface area (Å²) < 4.78 is 14.0. The molecule has 2 heterocycles. The molecule has 0 spiro atoms. The molecule has 21 heavy (non-hydrogen) atoms. The lowest BCUT2D eigenvalue weighted by molar-refractivity contribution is -0.171. The first-order chi connectivity index (χ1) is 10.3. The molecule has 1 aromatic heterocycles. The Hall–Kier alpha value is -1.65. The van der Waals surface area contributed by atoms with Crippen LogP contribution in [0.5, 0.6) is 0 Å². The zero-order valence-electron chi connectivity index (χ0n) is 12.5. The van der Waals surface area contributed by atoms with Gasteiger partial charge in [-0.2, -0.15) is 0 Å². The van der Waals surface area contributed by atoms with Crippen LogP contribution >= 0.6 is 0 Å². The Balaban J connectivity index is 1.60. The van der Waals surface area contributed by atoms with Gasteiger partial charge in [-0.25, -0.2) is 4.98 Å². The molecule has 0 radical (unpaired) electrons.